The van der Waals surface area contributed by atoms with Crippen LogP contribution in [0.1, 0.15) is 34.0 Å². The summed E-state index contributed by atoms with van der Waals surface area (Å²) in [5.74, 6) is -1.65. The van der Waals surface area contributed by atoms with Gasteiger partial charge in [0.25, 0.3) is 0 Å². The smallest absolute Gasteiger partial charge is 0.371 e. The second-order valence-corrected chi connectivity index (χ2v) is 3.75. The van der Waals surface area contributed by atoms with Crippen LogP contribution in [0, 0.1) is 5.92 Å². The van der Waals surface area contributed by atoms with E-state index in [2.05, 4.69) is 0 Å². The number of rotatable bonds is 3. The minimum atomic E-state index is -1.17. The largest absolute Gasteiger partial charge is 0.475 e. The number of carboxylic acids is 1. The maximum absolute atomic E-state index is 11.9. The lowest BCUT2D eigenvalue weighted by Crippen LogP contribution is -2.25. The minimum Gasteiger partial charge on any atom is -0.475 e. The first-order valence-corrected chi connectivity index (χ1v) is 5.13. The predicted octanol–water partition coefficient (Wildman–Crippen LogP) is 1.59. The standard InChI is InChI=1S/C11H12O5/c12-10(7-2-1-5-15-6-7)8-3-4-9(16-8)11(13)14/h3-4,7H,1-2,5-6H2,(H,13,14). The van der Waals surface area contributed by atoms with E-state index in [4.69, 9.17) is 14.3 Å². The zero-order valence-corrected chi connectivity index (χ0v) is 8.64. The number of ether oxygens (including phenoxy) is 1. The molecule has 86 valence electrons. The quantitative estimate of drug-likeness (QED) is 0.789. The summed E-state index contributed by atoms with van der Waals surface area (Å²) < 4.78 is 10.2. The Bertz CT molecular complexity index is 400. The molecule has 1 unspecified atom stereocenters. The van der Waals surface area contributed by atoms with Gasteiger partial charge >= 0.3 is 5.97 Å². The van der Waals surface area contributed by atoms with Crippen LogP contribution in [0.25, 0.3) is 0 Å². The van der Waals surface area contributed by atoms with E-state index < -0.39 is 5.97 Å². The summed E-state index contributed by atoms with van der Waals surface area (Å²) in [6.07, 6.45) is 1.62. The van der Waals surface area contributed by atoms with Crippen molar-refractivity contribution >= 4 is 11.8 Å². The summed E-state index contributed by atoms with van der Waals surface area (Å²) in [5, 5.41) is 8.66. The van der Waals surface area contributed by atoms with Crippen molar-refractivity contribution < 1.29 is 23.8 Å². The second kappa shape index (κ2) is 4.49. The molecule has 1 aliphatic heterocycles. The van der Waals surface area contributed by atoms with Crippen LogP contribution in [-0.2, 0) is 4.74 Å². The number of ketones is 1. The highest BCUT2D eigenvalue weighted by Gasteiger charge is 2.26. The fourth-order valence-electron chi connectivity index (χ4n) is 1.73. The number of carboxylic acid groups (broad SMARTS) is 1. The van der Waals surface area contributed by atoms with E-state index in [9.17, 15) is 9.59 Å². The lowest BCUT2D eigenvalue weighted by molar-refractivity contribution is 0.0441. The molecule has 5 heteroatoms. The van der Waals surface area contributed by atoms with Crippen molar-refractivity contribution in [3.63, 3.8) is 0 Å². The van der Waals surface area contributed by atoms with Gasteiger partial charge in [-0.15, -0.1) is 0 Å². The molecule has 1 N–H and O–H groups in total. The third-order valence-electron chi connectivity index (χ3n) is 2.59. The van der Waals surface area contributed by atoms with E-state index in [0.717, 1.165) is 12.8 Å². The normalized spacial score (nSPS) is 20.6. The van der Waals surface area contributed by atoms with Crippen LogP contribution in [0.3, 0.4) is 0 Å². The molecule has 0 aromatic carbocycles. The Balaban J connectivity index is 2.10. The van der Waals surface area contributed by atoms with E-state index in [1.54, 1.807) is 0 Å². The fraction of sp³-hybridized carbons (Fsp3) is 0.455. The first-order valence-electron chi connectivity index (χ1n) is 5.13. The van der Waals surface area contributed by atoms with Gasteiger partial charge in [-0.2, -0.15) is 0 Å². The molecule has 2 rings (SSSR count). The van der Waals surface area contributed by atoms with Crippen LogP contribution in [0.2, 0.25) is 0 Å². The molecule has 0 bridgehead atoms. The number of Topliss-reactive ketones (excluding diaryl/α,β-unsaturated/α-hetero) is 1. The molecule has 0 radical (unpaired) electrons. The summed E-state index contributed by atoms with van der Waals surface area (Å²) in [6, 6.07) is 2.69. The summed E-state index contributed by atoms with van der Waals surface area (Å²) in [7, 11) is 0. The van der Waals surface area contributed by atoms with Crippen LogP contribution in [0.15, 0.2) is 16.5 Å². The molecule has 1 atom stereocenters. The van der Waals surface area contributed by atoms with Crippen LogP contribution >= 0.6 is 0 Å². The molecule has 0 amide bonds. The second-order valence-electron chi connectivity index (χ2n) is 3.75. The molecule has 0 aliphatic carbocycles. The predicted molar refractivity (Wildman–Crippen MR) is 53.5 cm³/mol. The Hall–Kier alpha value is -1.62. The molecule has 1 aromatic heterocycles. The van der Waals surface area contributed by atoms with E-state index >= 15 is 0 Å². The van der Waals surface area contributed by atoms with Crippen molar-refractivity contribution in [2.45, 2.75) is 12.8 Å². The van der Waals surface area contributed by atoms with Gasteiger partial charge in [0.2, 0.25) is 11.5 Å². The monoisotopic (exact) mass is 224 g/mol. The maximum Gasteiger partial charge on any atom is 0.371 e. The van der Waals surface area contributed by atoms with Gasteiger partial charge in [0.15, 0.2) is 5.76 Å². The van der Waals surface area contributed by atoms with Crippen LogP contribution in [0.4, 0.5) is 0 Å². The number of carbonyl (C=O) groups excluding carboxylic acids is 1. The van der Waals surface area contributed by atoms with Gasteiger partial charge in [-0.05, 0) is 25.0 Å². The average molecular weight is 224 g/mol. The van der Waals surface area contributed by atoms with E-state index in [1.807, 2.05) is 0 Å². The Morgan fingerprint density at radius 3 is 2.62 bits per heavy atom. The molecule has 1 saturated heterocycles. The van der Waals surface area contributed by atoms with Gasteiger partial charge in [-0.1, -0.05) is 0 Å². The van der Waals surface area contributed by atoms with Crippen molar-refractivity contribution in [1.29, 1.82) is 0 Å². The van der Waals surface area contributed by atoms with E-state index in [-0.39, 0.29) is 23.2 Å². The molecule has 2 heterocycles. The number of hydrogen-bond donors (Lipinski definition) is 1. The Morgan fingerprint density at radius 1 is 1.31 bits per heavy atom. The molecule has 1 fully saturated rings. The summed E-state index contributed by atoms with van der Waals surface area (Å²) >= 11 is 0. The molecular formula is C11H12O5. The highest BCUT2D eigenvalue weighted by atomic mass is 16.5. The lowest BCUT2D eigenvalue weighted by Gasteiger charge is -2.19. The maximum atomic E-state index is 11.9. The molecular weight excluding hydrogens is 212 g/mol. The van der Waals surface area contributed by atoms with Gasteiger partial charge in [-0.3, -0.25) is 4.79 Å². The summed E-state index contributed by atoms with van der Waals surface area (Å²) in [4.78, 5) is 22.5. The van der Waals surface area contributed by atoms with E-state index in [0.29, 0.717) is 13.2 Å². The minimum absolute atomic E-state index is 0.105. The van der Waals surface area contributed by atoms with Crippen molar-refractivity contribution in [3.05, 3.63) is 23.7 Å². The molecule has 5 nitrogen and oxygen atoms in total. The summed E-state index contributed by atoms with van der Waals surface area (Å²) in [5.41, 5.74) is 0. The van der Waals surface area contributed by atoms with Crippen LogP contribution in [-0.4, -0.2) is 30.1 Å². The first kappa shape index (κ1) is 10.9. The third-order valence-corrected chi connectivity index (χ3v) is 2.59. The van der Waals surface area contributed by atoms with Crippen LogP contribution < -0.4 is 0 Å². The Labute approximate surface area is 92.0 Å². The molecule has 1 aromatic rings. The van der Waals surface area contributed by atoms with Gasteiger partial charge in [0, 0.05) is 12.5 Å². The average Bonchev–Trinajstić information content (AvgIpc) is 2.78. The Morgan fingerprint density at radius 2 is 2.06 bits per heavy atom. The highest BCUT2D eigenvalue weighted by Crippen LogP contribution is 2.20. The SMILES string of the molecule is O=C(O)c1ccc(C(=O)C2CCCOC2)o1. The summed E-state index contributed by atoms with van der Waals surface area (Å²) in [6.45, 7) is 1.07. The van der Waals surface area contributed by atoms with Gasteiger partial charge < -0.3 is 14.3 Å². The van der Waals surface area contributed by atoms with Crippen LogP contribution in [0.5, 0.6) is 0 Å². The zero-order valence-electron chi connectivity index (χ0n) is 8.64. The Kier molecular flexibility index (Phi) is 3.05. The number of hydrogen-bond acceptors (Lipinski definition) is 4. The molecule has 0 spiro atoms. The molecule has 0 saturated carbocycles. The van der Waals surface area contributed by atoms with Gasteiger partial charge in [0.1, 0.15) is 0 Å². The van der Waals surface area contributed by atoms with E-state index in [1.165, 1.54) is 12.1 Å². The topological polar surface area (TPSA) is 76.7 Å². The lowest BCUT2D eigenvalue weighted by atomic mass is 9.96. The number of carbonyl (C=O) groups is 2. The highest BCUT2D eigenvalue weighted by molar-refractivity contribution is 5.96. The first-order chi connectivity index (χ1) is 7.68. The van der Waals surface area contributed by atoms with Gasteiger partial charge in [0.05, 0.1) is 6.61 Å². The van der Waals surface area contributed by atoms with Crippen molar-refractivity contribution in [3.8, 4) is 0 Å². The molecule has 16 heavy (non-hydrogen) atoms. The van der Waals surface area contributed by atoms with Crippen molar-refractivity contribution in [2.75, 3.05) is 13.2 Å². The zero-order chi connectivity index (χ0) is 11.5. The number of furan rings is 1. The molecule has 1 aliphatic rings. The fourth-order valence-corrected chi connectivity index (χ4v) is 1.73. The van der Waals surface area contributed by atoms with Crippen molar-refractivity contribution in [1.82, 2.24) is 0 Å². The van der Waals surface area contributed by atoms with Gasteiger partial charge in [-0.25, -0.2) is 4.79 Å². The van der Waals surface area contributed by atoms with Crippen molar-refractivity contribution in [2.24, 2.45) is 5.92 Å². The third kappa shape index (κ3) is 2.14. The number of aromatic carboxylic acids is 1.